The second-order valence-electron chi connectivity index (χ2n) is 4.60. The molecule has 1 spiro atoms. The number of amides is 1. The molecule has 1 saturated carbocycles. The van der Waals surface area contributed by atoms with E-state index in [1.807, 2.05) is 0 Å². The zero-order valence-corrected chi connectivity index (χ0v) is 8.94. The number of unbranched alkanes of at least 4 members (excludes halogenated alkanes) is 1. The monoisotopic (exact) mass is 196 g/mol. The number of rotatable bonds is 3. The van der Waals surface area contributed by atoms with Gasteiger partial charge in [0.15, 0.2) is 0 Å². The number of carbonyl (C=O) groups excluding carboxylic acids is 1. The highest BCUT2D eigenvalue weighted by Gasteiger charge is 2.47. The molecule has 2 fully saturated rings. The highest BCUT2D eigenvalue weighted by atomic mass is 16.2. The molecule has 3 nitrogen and oxygen atoms in total. The maximum atomic E-state index is 11.8. The molecule has 1 saturated heterocycles. The molecule has 1 unspecified atom stereocenters. The van der Waals surface area contributed by atoms with Crippen molar-refractivity contribution in [1.29, 1.82) is 0 Å². The van der Waals surface area contributed by atoms with Crippen molar-refractivity contribution in [2.75, 3.05) is 0 Å². The van der Waals surface area contributed by atoms with Crippen molar-refractivity contribution in [3.8, 4) is 0 Å². The molecule has 1 aliphatic heterocycles. The minimum atomic E-state index is -0.182. The molecule has 3 heteroatoms. The van der Waals surface area contributed by atoms with Crippen LogP contribution in [0.1, 0.15) is 51.9 Å². The van der Waals surface area contributed by atoms with Crippen LogP contribution in [-0.4, -0.2) is 17.6 Å². The van der Waals surface area contributed by atoms with Gasteiger partial charge < -0.3 is 5.32 Å². The van der Waals surface area contributed by atoms with E-state index in [1.54, 1.807) is 0 Å². The van der Waals surface area contributed by atoms with E-state index in [9.17, 15) is 4.79 Å². The van der Waals surface area contributed by atoms with Gasteiger partial charge in [-0.15, -0.1) is 0 Å². The van der Waals surface area contributed by atoms with E-state index in [0.717, 1.165) is 19.3 Å². The Morgan fingerprint density at radius 1 is 1.43 bits per heavy atom. The largest absolute Gasteiger partial charge is 0.339 e. The molecule has 0 aromatic heterocycles. The lowest BCUT2D eigenvalue weighted by Gasteiger charge is -2.20. The number of hydrogen-bond donors (Lipinski definition) is 2. The minimum absolute atomic E-state index is 0.182. The van der Waals surface area contributed by atoms with Crippen LogP contribution in [0.4, 0.5) is 0 Å². The smallest absolute Gasteiger partial charge is 0.241 e. The highest BCUT2D eigenvalue weighted by Crippen LogP contribution is 2.33. The Hall–Kier alpha value is -0.570. The Labute approximate surface area is 85.6 Å². The quantitative estimate of drug-likeness (QED) is 0.719. The molecule has 2 N–H and O–H groups in total. The van der Waals surface area contributed by atoms with E-state index >= 15 is 0 Å². The van der Waals surface area contributed by atoms with Crippen molar-refractivity contribution < 1.29 is 4.79 Å². The van der Waals surface area contributed by atoms with Crippen LogP contribution in [0.25, 0.3) is 0 Å². The molecule has 0 aromatic rings. The summed E-state index contributed by atoms with van der Waals surface area (Å²) in [5, 5.41) is 6.56. The Kier molecular flexibility index (Phi) is 2.77. The van der Waals surface area contributed by atoms with Gasteiger partial charge in [0.2, 0.25) is 5.91 Å². The first kappa shape index (κ1) is 9.97. The second-order valence-corrected chi connectivity index (χ2v) is 4.60. The van der Waals surface area contributed by atoms with Gasteiger partial charge in [-0.2, -0.15) is 0 Å². The lowest BCUT2D eigenvalue weighted by atomic mass is 9.98. The zero-order chi connectivity index (χ0) is 10.0. The summed E-state index contributed by atoms with van der Waals surface area (Å²) in [7, 11) is 0. The summed E-state index contributed by atoms with van der Waals surface area (Å²) in [6, 6.07) is 0. The minimum Gasteiger partial charge on any atom is -0.339 e. The van der Waals surface area contributed by atoms with Crippen LogP contribution >= 0.6 is 0 Å². The number of nitrogens with one attached hydrogen (secondary N) is 2. The van der Waals surface area contributed by atoms with Crippen molar-refractivity contribution in [2.45, 2.75) is 63.6 Å². The Morgan fingerprint density at radius 3 is 2.79 bits per heavy atom. The fourth-order valence-electron chi connectivity index (χ4n) is 2.63. The summed E-state index contributed by atoms with van der Waals surface area (Å²) in [5.74, 6) is 0.246. The predicted octanol–water partition coefficient (Wildman–Crippen LogP) is 1.53. The second kappa shape index (κ2) is 3.89. The van der Waals surface area contributed by atoms with Crippen LogP contribution in [0.5, 0.6) is 0 Å². The van der Waals surface area contributed by atoms with E-state index in [1.165, 1.54) is 25.7 Å². The summed E-state index contributed by atoms with van der Waals surface area (Å²) in [6.45, 7) is 2.18. The predicted molar refractivity (Wildman–Crippen MR) is 55.8 cm³/mol. The van der Waals surface area contributed by atoms with Crippen LogP contribution in [0.2, 0.25) is 0 Å². The van der Waals surface area contributed by atoms with Crippen LogP contribution in [0, 0.1) is 0 Å². The summed E-state index contributed by atoms with van der Waals surface area (Å²) >= 11 is 0. The molecular weight excluding hydrogens is 176 g/mol. The molecule has 0 aromatic carbocycles. The van der Waals surface area contributed by atoms with Crippen molar-refractivity contribution >= 4 is 5.91 Å². The van der Waals surface area contributed by atoms with Crippen LogP contribution in [0.15, 0.2) is 0 Å². The third-order valence-corrected chi connectivity index (χ3v) is 3.49. The van der Waals surface area contributed by atoms with Gasteiger partial charge in [-0.05, 0) is 19.3 Å². The molecule has 2 rings (SSSR count). The average molecular weight is 196 g/mol. The molecule has 80 valence electrons. The lowest BCUT2D eigenvalue weighted by Crippen LogP contribution is -2.44. The fraction of sp³-hybridized carbons (Fsp3) is 0.909. The Morgan fingerprint density at radius 2 is 2.14 bits per heavy atom. The van der Waals surface area contributed by atoms with E-state index in [4.69, 9.17) is 0 Å². The molecule has 0 bridgehead atoms. The van der Waals surface area contributed by atoms with Crippen molar-refractivity contribution in [3.63, 3.8) is 0 Å². The zero-order valence-electron chi connectivity index (χ0n) is 8.94. The molecule has 1 heterocycles. The molecular formula is C11H20N2O. The van der Waals surface area contributed by atoms with Gasteiger partial charge in [0.25, 0.3) is 0 Å². The maximum Gasteiger partial charge on any atom is 0.241 e. The Balaban J connectivity index is 1.93. The summed E-state index contributed by atoms with van der Waals surface area (Å²) in [5.41, 5.74) is -0.182. The topological polar surface area (TPSA) is 41.1 Å². The van der Waals surface area contributed by atoms with Gasteiger partial charge in [0.05, 0.1) is 11.7 Å². The van der Waals surface area contributed by atoms with Crippen molar-refractivity contribution in [1.82, 2.24) is 10.6 Å². The summed E-state index contributed by atoms with van der Waals surface area (Å²) < 4.78 is 0. The van der Waals surface area contributed by atoms with E-state index in [-0.39, 0.29) is 17.6 Å². The third-order valence-electron chi connectivity index (χ3n) is 3.49. The highest BCUT2D eigenvalue weighted by molar-refractivity contribution is 5.89. The molecule has 0 radical (unpaired) electrons. The van der Waals surface area contributed by atoms with Crippen LogP contribution < -0.4 is 10.6 Å². The summed E-state index contributed by atoms with van der Waals surface area (Å²) in [4.78, 5) is 11.8. The van der Waals surface area contributed by atoms with Crippen LogP contribution in [-0.2, 0) is 4.79 Å². The summed E-state index contributed by atoms with van der Waals surface area (Å²) in [6.07, 6.45) is 8.14. The van der Waals surface area contributed by atoms with Gasteiger partial charge in [-0.25, -0.2) is 0 Å². The fourth-order valence-corrected chi connectivity index (χ4v) is 2.63. The van der Waals surface area contributed by atoms with Crippen LogP contribution in [0.3, 0.4) is 0 Å². The van der Waals surface area contributed by atoms with Crippen molar-refractivity contribution in [2.24, 2.45) is 0 Å². The molecule has 1 amide bonds. The first-order valence-electron chi connectivity index (χ1n) is 5.85. The first-order chi connectivity index (χ1) is 6.77. The maximum absolute atomic E-state index is 11.8. The SMILES string of the molecule is CCCCC1NC(=O)C2(CCCC2)N1. The normalized spacial score (nSPS) is 29.8. The van der Waals surface area contributed by atoms with Gasteiger partial charge in [-0.3, -0.25) is 10.1 Å². The lowest BCUT2D eigenvalue weighted by molar-refractivity contribution is -0.124. The number of carbonyl (C=O) groups is 1. The van der Waals surface area contributed by atoms with Gasteiger partial charge in [0.1, 0.15) is 0 Å². The van der Waals surface area contributed by atoms with Gasteiger partial charge >= 0.3 is 0 Å². The standard InChI is InChI=1S/C11H20N2O/c1-2-3-6-9-12-10(14)11(13-9)7-4-5-8-11/h9,13H,2-8H2,1H3,(H,12,14). The average Bonchev–Trinajstić information content (AvgIpc) is 2.74. The first-order valence-corrected chi connectivity index (χ1v) is 5.85. The Bertz CT molecular complexity index is 221. The van der Waals surface area contributed by atoms with E-state index in [0.29, 0.717) is 0 Å². The third kappa shape index (κ3) is 1.65. The molecule has 1 aliphatic carbocycles. The van der Waals surface area contributed by atoms with E-state index in [2.05, 4.69) is 17.6 Å². The number of hydrogen-bond acceptors (Lipinski definition) is 2. The molecule has 14 heavy (non-hydrogen) atoms. The van der Waals surface area contributed by atoms with Crippen molar-refractivity contribution in [3.05, 3.63) is 0 Å². The molecule has 2 aliphatic rings. The van der Waals surface area contributed by atoms with E-state index < -0.39 is 0 Å². The van der Waals surface area contributed by atoms with Gasteiger partial charge in [0, 0.05) is 0 Å². The van der Waals surface area contributed by atoms with Gasteiger partial charge in [-0.1, -0.05) is 32.6 Å². The molecule has 1 atom stereocenters.